The number of nitro benzene ring substituents is 1. The standard InChI is InChI=1S/C17H12ClF3N2O4/c18-13-8-10(17(19,20)21)2-5-15(13)27-11-3-4-14(23(24)25)12(9-11)16-22-6-1-7-26-16/h2-5,8-9H,1,6-7H2. The summed E-state index contributed by atoms with van der Waals surface area (Å²) in [5.41, 5.74) is -1.00. The van der Waals surface area contributed by atoms with Gasteiger partial charge in [-0.2, -0.15) is 13.2 Å². The van der Waals surface area contributed by atoms with Crippen LogP contribution in [0.1, 0.15) is 17.5 Å². The number of nitrogens with zero attached hydrogens (tertiary/aromatic N) is 2. The first kappa shape index (κ1) is 19.0. The molecule has 0 fully saturated rings. The fraction of sp³-hybridized carbons (Fsp3) is 0.235. The zero-order valence-corrected chi connectivity index (χ0v) is 14.4. The summed E-state index contributed by atoms with van der Waals surface area (Å²) >= 11 is 5.87. The second kappa shape index (κ2) is 7.43. The first-order valence-corrected chi connectivity index (χ1v) is 8.14. The molecule has 0 radical (unpaired) electrons. The average molecular weight is 401 g/mol. The minimum Gasteiger partial charge on any atom is -0.477 e. The van der Waals surface area contributed by atoms with Crippen molar-refractivity contribution in [3.8, 4) is 11.5 Å². The van der Waals surface area contributed by atoms with Crippen molar-refractivity contribution in [1.29, 1.82) is 0 Å². The van der Waals surface area contributed by atoms with Gasteiger partial charge in [0.2, 0.25) is 5.90 Å². The predicted octanol–water partition coefficient (Wildman–Crippen LogP) is 5.23. The van der Waals surface area contributed by atoms with Crippen molar-refractivity contribution in [3.05, 3.63) is 62.7 Å². The third-order valence-electron chi connectivity index (χ3n) is 3.68. The molecule has 1 aliphatic heterocycles. The Hall–Kier alpha value is -2.81. The van der Waals surface area contributed by atoms with Crippen LogP contribution in [0.15, 0.2) is 41.4 Å². The zero-order valence-electron chi connectivity index (χ0n) is 13.6. The Balaban J connectivity index is 1.94. The van der Waals surface area contributed by atoms with Crippen molar-refractivity contribution in [2.24, 2.45) is 4.99 Å². The van der Waals surface area contributed by atoms with Gasteiger partial charge in [-0.3, -0.25) is 15.1 Å². The highest BCUT2D eigenvalue weighted by molar-refractivity contribution is 6.32. The van der Waals surface area contributed by atoms with Crippen LogP contribution in [-0.4, -0.2) is 24.0 Å². The molecule has 0 unspecified atom stereocenters. The maximum absolute atomic E-state index is 12.7. The lowest BCUT2D eigenvalue weighted by atomic mass is 10.1. The van der Waals surface area contributed by atoms with E-state index in [0.29, 0.717) is 19.6 Å². The van der Waals surface area contributed by atoms with Crippen molar-refractivity contribution >= 4 is 23.2 Å². The highest BCUT2D eigenvalue weighted by atomic mass is 35.5. The Labute approximate surface area is 156 Å². The van der Waals surface area contributed by atoms with E-state index in [2.05, 4.69) is 4.99 Å². The van der Waals surface area contributed by atoms with Crippen LogP contribution in [0, 0.1) is 10.1 Å². The van der Waals surface area contributed by atoms with Gasteiger partial charge in [-0.1, -0.05) is 11.6 Å². The molecular weight excluding hydrogens is 389 g/mol. The summed E-state index contributed by atoms with van der Waals surface area (Å²) in [6.45, 7) is 0.855. The molecule has 0 saturated carbocycles. The maximum atomic E-state index is 12.7. The Bertz CT molecular complexity index is 916. The number of halogens is 4. The van der Waals surface area contributed by atoms with Gasteiger partial charge in [-0.05, 0) is 24.3 Å². The second-order valence-corrected chi connectivity index (χ2v) is 5.98. The number of aliphatic imine (C=N–C) groups is 1. The van der Waals surface area contributed by atoms with Crippen LogP contribution in [0.5, 0.6) is 11.5 Å². The molecule has 2 aromatic carbocycles. The molecule has 10 heteroatoms. The number of rotatable bonds is 4. The van der Waals surface area contributed by atoms with Gasteiger partial charge in [-0.25, -0.2) is 0 Å². The molecule has 0 amide bonds. The van der Waals surface area contributed by atoms with E-state index < -0.39 is 16.7 Å². The number of hydrogen-bond acceptors (Lipinski definition) is 5. The fourth-order valence-electron chi connectivity index (χ4n) is 2.42. The van der Waals surface area contributed by atoms with Gasteiger partial charge >= 0.3 is 6.18 Å². The van der Waals surface area contributed by atoms with Crippen molar-refractivity contribution < 1.29 is 27.6 Å². The molecule has 1 heterocycles. The summed E-state index contributed by atoms with van der Waals surface area (Å²) < 4.78 is 49.0. The van der Waals surface area contributed by atoms with Crippen LogP contribution in [0.25, 0.3) is 0 Å². The lowest BCUT2D eigenvalue weighted by Gasteiger charge is -2.15. The summed E-state index contributed by atoms with van der Waals surface area (Å²) in [5.74, 6) is 0.252. The molecule has 3 rings (SSSR count). The molecule has 0 bridgehead atoms. The number of hydrogen-bond donors (Lipinski definition) is 0. The highest BCUT2D eigenvalue weighted by Gasteiger charge is 2.31. The van der Waals surface area contributed by atoms with E-state index in [4.69, 9.17) is 21.1 Å². The zero-order chi connectivity index (χ0) is 19.6. The van der Waals surface area contributed by atoms with E-state index >= 15 is 0 Å². The lowest BCUT2D eigenvalue weighted by Crippen LogP contribution is -2.16. The fourth-order valence-corrected chi connectivity index (χ4v) is 2.64. The smallest absolute Gasteiger partial charge is 0.416 e. The first-order chi connectivity index (χ1) is 12.8. The number of benzene rings is 2. The third kappa shape index (κ3) is 4.30. The first-order valence-electron chi connectivity index (χ1n) is 7.76. The Morgan fingerprint density at radius 3 is 2.59 bits per heavy atom. The molecule has 0 spiro atoms. The topological polar surface area (TPSA) is 74.0 Å². The lowest BCUT2D eigenvalue weighted by molar-refractivity contribution is -0.385. The molecule has 1 aliphatic rings. The summed E-state index contributed by atoms with van der Waals surface area (Å²) in [6.07, 6.45) is -3.83. The van der Waals surface area contributed by atoms with E-state index in [1.165, 1.54) is 18.2 Å². The van der Waals surface area contributed by atoms with E-state index in [1.807, 2.05) is 0 Å². The summed E-state index contributed by atoms with van der Waals surface area (Å²) in [4.78, 5) is 14.8. The van der Waals surface area contributed by atoms with Gasteiger partial charge in [0.15, 0.2) is 0 Å². The molecule has 0 aliphatic carbocycles. The summed E-state index contributed by atoms with van der Waals surface area (Å²) in [6, 6.07) is 6.54. The number of nitro groups is 1. The molecule has 0 saturated heterocycles. The Kier molecular flexibility index (Phi) is 5.22. The SMILES string of the molecule is O=[N+]([O-])c1ccc(Oc2ccc(C(F)(F)F)cc2Cl)cc1C1=NCCCO1. The molecular formula is C17H12ClF3N2O4. The summed E-state index contributed by atoms with van der Waals surface area (Å²) in [7, 11) is 0. The minimum absolute atomic E-state index is 0.0176. The van der Waals surface area contributed by atoms with Crippen LogP contribution in [0.2, 0.25) is 5.02 Å². The molecule has 0 N–H and O–H groups in total. The normalized spacial score (nSPS) is 14.3. The van der Waals surface area contributed by atoms with E-state index in [1.54, 1.807) is 0 Å². The number of ether oxygens (including phenoxy) is 2. The maximum Gasteiger partial charge on any atom is 0.416 e. The van der Waals surface area contributed by atoms with Crippen LogP contribution >= 0.6 is 11.6 Å². The van der Waals surface area contributed by atoms with Gasteiger partial charge in [-0.15, -0.1) is 0 Å². The predicted molar refractivity (Wildman–Crippen MR) is 91.6 cm³/mol. The van der Waals surface area contributed by atoms with Crippen LogP contribution in [0.3, 0.4) is 0 Å². The van der Waals surface area contributed by atoms with Crippen molar-refractivity contribution in [2.75, 3.05) is 13.2 Å². The second-order valence-electron chi connectivity index (χ2n) is 5.57. The van der Waals surface area contributed by atoms with Gasteiger partial charge in [0.1, 0.15) is 17.1 Å². The van der Waals surface area contributed by atoms with Gasteiger partial charge < -0.3 is 9.47 Å². The van der Waals surface area contributed by atoms with Gasteiger partial charge in [0, 0.05) is 25.1 Å². The average Bonchev–Trinajstić information content (AvgIpc) is 2.63. The minimum atomic E-state index is -4.53. The molecule has 0 aromatic heterocycles. The Morgan fingerprint density at radius 1 is 1.22 bits per heavy atom. The molecule has 0 atom stereocenters. The molecule has 2 aromatic rings. The van der Waals surface area contributed by atoms with Crippen LogP contribution in [0.4, 0.5) is 18.9 Å². The third-order valence-corrected chi connectivity index (χ3v) is 3.97. The van der Waals surface area contributed by atoms with Crippen molar-refractivity contribution in [3.63, 3.8) is 0 Å². The monoisotopic (exact) mass is 400 g/mol. The van der Waals surface area contributed by atoms with Gasteiger partial charge in [0.05, 0.1) is 22.1 Å². The molecule has 27 heavy (non-hydrogen) atoms. The Morgan fingerprint density at radius 2 is 2.00 bits per heavy atom. The van der Waals surface area contributed by atoms with Crippen LogP contribution in [-0.2, 0) is 10.9 Å². The van der Waals surface area contributed by atoms with Crippen LogP contribution < -0.4 is 4.74 Å². The largest absolute Gasteiger partial charge is 0.477 e. The van der Waals surface area contributed by atoms with E-state index in [-0.39, 0.29) is 33.7 Å². The highest BCUT2D eigenvalue weighted by Crippen LogP contribution is 2.37. The quantitative estimate of drug-likeness (QED) is 0.520. The molecule has 142 valence electrons. The van der Waals surface area contributed by atoms with Crippen molar-refractivity contribution in [1.82, 2.24) is 0 Å². The van der Waals surface area contributed by atoms with E-state index in [9.17, 15) is 23.3 Å². The van der Waals surface area contributed by atoms with E-state index in [0.717, 1.165) is 18.2 Å². The number of alkyl halides is 3. The molecule has 6 nitrogen and oxygen atoms in total. The summed E-state index contributed by atoms with van der Waals surface area (Å²) in [5, 5.41) is 11.0. The van der Waals surface area contributed by atoms with Gasteiger partial charge in [0.25, 0.3) is 5.69 Å². The van der Waals surface area contributed by atoms with Crippen molar-refractivity contribution in [2.45, 2.75) is 12.6 Å².